The number of amides is 3. The molecule has 1 aliphatic rings. The van der Waals surface area contributed by atoms with E-state index in [2.05, 4.69) is 15.6 Å². The van der Waals surface area contributed by atoms with Crippen LogP contribution < -0.4 is 10.6 Å². The van der Waals surface area contributed by atoms with Crippen molar-refractivity contribution in [2.45, 2.75) is 70.4 Å². The first-order valence-corrected chi connectivity index (χ1v) is 11.0. The number of aryl methyl sites for hydroxylation is 1. The first-order chi connectivity index (χ1) is 14.0. The van der Waals surface area contributed by atoms with Crippen LogP contribution in [0.5, 0.6) is 0 Å². The molecule has 1 aromatic heterocycles. The third-order valence-electron chi connectivity index (χ3n) is 4.96. The van der Waals surface area contributed by atoms with Gasteiger partial charge in [-0.15, -0.1) is 11.3 Å². The van der Waals surface area contributed by atoms with Gasteiger partial charge in [0, 0.05) is 12.5 Å². The number of thiazole rings is 1. The average molecular weight is 418 g/mol. The molecule has 7 nitrogen and oxygen atoms in total. The van der Waals surface area contributed by atoms with Crippen LogP contribution in [0.4, 0.5) is 4.79 Å². The SMILES string of the molecule is C[C@H](OC(=O)CCCc1nc2ccccc2s1)C(=O)NC(=O)NC1CCCCC1. The molecule has 0 saturated heterocycles. The number of hydrogen-bond acceptors (Lipinski definition) is 6. The maximum atomic E-state index is 12.1. The molecule has 1 atom stereocenters. The van der Waals surface area contributed by atoms with Crippen LogP contribution in [0.3, 0.4) is 0 Å². The lowest BCUT2D eigenvalue weighted by atomic mass is 9.96. The molecule has 2 N–H and O–H groups in total. The van der Waals surface area contributed by atoms with Gasteiger partial charge in [-0.2, -0.15) is 0 Å². The molecule has 1 heterocycles. The number of hydrogen-bond donors (Lipinski definition) is 2. The number of para-hydroxylation sites is 1. The summed E-state index contributed by atoms with van der Waals surface area (Å²) in [4.78, 5) is 40.5. The summed E-state index contributed by atoms with van der Waals surface area (Å²) < 4.78 is 6.28. The predicted octanol–water partition coefficient (Wildman–Crippen LogP) is 3.71. The molecule has 1 aromatic carbocycles. The van der Waals surface area contributed by atoms with Crippen molar-refractivity contribution in [2.24, 2.45) is 0 Å². The number of esters is 1. The van der Waals surface area contributed by atoms with Crippen LogP contribution in [-0.2, 0) is 20.7 Å². The standard InChI is InChI=1S/C21H27N3O4S/c1-14(20(26)24-21(27)22-15-8-3-2-4-9-15)28-19(25)13-7-12-18-23-16-10-5-6-11-17(16)29-18/h5-6,10-11,14-15H,2-4,7-9,12-13H2,1H3,(H2,22,24,26,27)/t14-/m0/s1. The number of ether oxygens (including phenoxy) is 1. The summed E-state index contributed by atoms with van der Waals surface area (Å²) in [5.74, 6) is -1.07. The highest BCUT2D eigenvalue weighted by Gasteiger charge is 2.22. The van der Waals surface area contributed by atoms with Gasteiger partial charge in [-0.3, -0.25) is 14.9 Å². The molecule has 0 spiro atoms. The highest BCUT2D eigenvalue weighted by molar-refractivity contribution is 7.18. The second-order valence-electron chi connectivity index (χ2n) is 7.36. The molecule has 1 aliphatic carbocycles. The van der Waals surface area contributed by atoms with Gasteiger partial charge in [-0.05, 0) is 44.7 Å². The van der Waals surface area contributed by atoms with Crippen molar-refractivity contribution in [1.82, 2.24) is 15.6 Å². The quantitative estimate of drug-likeness (QED) is 0.670. The monoisotopic (exact) mass is 417 g/mol. The fraction of sp³-hybridized carbons (Fsp3) is 0.524. The van der Waals surface area contributed by atoms with Gasteiger partial charge in [0.05, 0.1) is 15.2 Å². The molecule has 1 saturated carbocycles. The minimum absolute atomic E-state index is 0.108. The fourth-order valence-corrected chi connectivity index (χ4v) is 4.41. The third-order valence-corrected chi connectivity index (χ3v) is 6.06. The highest BCUT2D eigenvalue weighted by atomic mass is 32.1. The van der Waals surface area contributed by atoms with Crippen molar-refractivity contribution >= 4 is 39.5 Å². The van der Waals surface area contributed by atoms with E-state index in [1.807, 2.05) is 24.3 Å². The van der Waals surface area contributed by atoms with Crippen LogP contribution in [0.15, 0.2) is 24.3 Å². The largest absolute Gasteiger partial charge is 0.453 e. The fourth-order valence-electron chi connectivity index (χ4n) is 3.40. The zero-order valence-electron chi connectivity index (χ0n) is 16.6. The van der Waals surface area contributed by atoms with E-state index in [1.54, 1.807) is 11.3 Å². The van der Waals surface area contributed by atoms with E-state index in [4.69, 9.17) is 4.74 Å². The molecule has 0 radical (unpaired) electrons. The minimum Gasteiger partial charge on any atom is -0.453 e. The molecule has 2 aromatic rings. The summed E-state index contributed by atoms with van der Waals surface area (Å²) in [7, 11) is 0. The van der Waals surface area contributed by atoms with E-state index in [0.29, 0.717) is 12.8 Å². The minimum atomic E-state index is -1.01. The molecule has 0 bridgehead atoms. The molecule has 1 fully saturated rings. The van der Waals surface area contributed by atoms with E-state index >= 15 is 0 Å². The summed E-state index contributed by atoms with van der Waals surface area (Å²) in [6.45, 7) is 1.47. The number of nitrogens with zero attached hydrogens (tertiary/aromatic N) is 1. The van der Waals surface area contributed by atoms with E-state index in [-0.39, 0.29) is 12.5 Å². The number of aromatic nitrogens is 1. The third kappa shape index (κ3) is 6.52. The summed E-state index contributed by atoms with van der Waals surface area (Å²) in [6, 6.07) is 7.50. The van der Waals surface area contributed by atoms with Crippen LogP contribution in [-0.4, -0.2) is 35.0 Å². The van der Waals surface area contributed by atoms with E-state index < -0.39 is 24.0 Å². The summed E-state index contributed by atoms with van der Waals surface area (Å²) in [5, 5.41) is 6.03. The van der Waals surface area contributed by atoms with Crippen LogP contribution in [0.1, 0.15) is 56.9 Å². The molecule has 29 heavy (non-hydrogen) atoms. The average Bonchev–Trinajstić information content (AvgIpc) is 3.11. The highest BCUT2D eigenvalue weighted by Crippen LogP contribution is 2.22. The van der Waals surface area contributed by atoms with E-state index in [0.717, 1.165) is 40.9 Å². The zero-order valence-corrected chi connectivity index (χ0v) is 17.4. The first-order valence-electron chi connectivity index (χ1n) is 10.2. The zero-order chi connectivity index (χ0) is 20.6. The Bertz CT molecular complexity index is 827. The number of fused-ring (bicyclic) bond motifs is 1. The first kappa shape index (κ1) is 21.2. The molecular weight excluding hydrogens is 390 g/mol. The Morgan fingerprint density at radius 2 is 1.97 bits per heavy atom. The molecule has 156 valence electrons. The Morgan fingerprint density at radius 3 is 2.72 bits per heavy atom. The number of nitrogens with one attached hydrogen (secondary N) is 2. The Balaban J connectivity index is 1.35. The second-order valence-corrected chi connectivity index (χ2v) is 8.47. The number of urea groups is 1. The van der Waals surface area contributed by atoms with Crippen LogP contribution in [0.25, 0.3) is 10.2 Å². The Kier molecular flexibility index (Phi) is 7.57. The number of rotatable bonds is 7. The van der Waals surface area contributed by atoms with Crippen molar-refractivity contribution in [3.8, 4) is 0 Å². The number of imide groups is 1. The van der Waals surface area contributed by atoms with Crippen LogP contribution >= 0.6 is 11.3 Å². The molecule has 0 aliphatic heterocycles. The summed E-state index contributed by atoms with van der Waals surface area (Å²) in [5.41, 5.74) is 0.965. The van der Waals surface area contributed by atoms with E-state index in [1.165, 1.54) is 13.3 Å². The maximum Gasteiger partial charge on any atom is 0.321 e. The van der Waals surface area contributed by atoms with Gasteiger partial charge in [0.1, 0.15) is 0 Å². The number of benzene rings is 1. The summed E-state index contributed by atoms with van der Waals surface area (Å²) >= 11 is 1.62. The Hall–Kier alpha value is -2.48. The normalized spacial score (nSPS) is 15.6. The van der Waals surface area contributed by atoms with Crippen LogP contribution in [0, 0.1) is 0 Å². The van der Waals surface area contributed by atoms with Crippen molar-refractivity contribution in [3.63, 3.8) is 0 Å². The van der Waals surface area contributed by atoms with Crippen molar-refractivity contribution in [2.75, 3.05) is 0 Å². The lowest BCUT2D eigenvalue weighted by Gasteiger charge is -2.23. The Morgan fingerprint density at radius 1 is 1.21 bits per heavy atom. The van der Waals surface area contributed by atoms with Gasteiger partial charge in [-0.1, -0.05) is 31.4 Å². The smallest absolute Gasteiger partial charge is 0.321 e. The van der Waals surface area contributed by atoms with Gasteiger partial charge < -0.3 is 10.1 Å². The lowest BCUT2D eigenvalue weighted by Crippen LogP contribution is -2.48. The molecule has 0 unspecified atom stereocenters. The van der Waals surface area contributed by atoms with Gasteiger partial charge in [-0.25, -0.2) is 9.78 Å². The van der Waals surface area contributed by atoms with Crippen molar-refractivity contribution in [3.05, 3.63) is 29.3 Å². The second kappa shape index (κ2) is 10.3. The van der Waals surface area contributed by atoms with Crippen molar-refractivity contribution in [1.29, 1.82) is 0 Å². The topological polar surface area (TPSA) is 97.4 Å². The predicted molar refractivity (Wildman–Crippen MR) is 112 cm³/mol. The van der Waals surface area contributed by atoms with Gasteiger partial charge in [0.15, 0.2) is 6.10 Å². The van der Waals surface area contributed by atoms with Crippen molar-refractivity contribution < 1.29 is 19.1 Å². The number of carbonyl (C=O) groups excluding carboxylic acids is 3. The maximum absolute atomic E-state index is 12.1. The molecule has 3 rings (SSSR count). The molecule has 8 heteroatoms. The number of carbonyl (C=O) groups is 3. The summed E-state index contributed by atoms with van der Waals surface area (Å²) in [6.07, 6.45) is 5.68. The van der Waals surface area contributed by atoms with Gasteiger partial charge in [0.2, 0.25) is 0 Å². The lowest BCUT2D eigenvalue weighted by molar-refractivity contribution is -0.154. The van der Waals surface area contributed by atoms with Gasteiger partial charge in [0.25, 0.3) is 5.91 Å². The van der Waals surface area contributed by atoms with Gasteiger partial charge >= 0.3 is 12.0 Å². The Labute approximate surface area is 174 Å². The molecular formula is C21H27N3O4S. The van der Waals surface area contributed by atoms with Crippen LogP contribution in [0.2, 0.25) is 0 Å². The molecule has 3 amide bonds. The van der Waals surface area contributed by atoms with E-state index in [9.17, 15) is 14.4 Å².